The molecule has 1 aromatic heterocycles. The molecule has 2 heterocycles. The molecule has 32 heavy (non-hydrogen) atoms. The van der Waals surface area contributed by atoms with Crippen molar-refractivity contribution in [3.63, 3.8) is 0 Å². The van der Waals surface area contributed by atoms with E-state index >= 15 is 0 Å². The van der Waals surface area contributed by atoms with Crippen molar-refractivity contribution in [3.05, 3.63) is 60.5 Å². The zero-order valence-corrected chi connectivity index (χ0v) is 18.6. The standard InChI is InChI=1S/C23H26FN3O4S/c1-31-20-4-6-21(7-5-20)32(29,30)27-13-9-18(10-14-27)23(28)25-11-15-26-12-8-17-2-3-19(24)16-22(17)26/h2-8,12,16,18H,9-11,13-15H2,1H3,(H,25,28). The predicted molar refractivity (Wildman–Crippen MR) is 119 cm³/mol. The molecule has 4 rings (SSSR count). The van der Waals surface area contributed by atoms with E-state index in [1.165, 1.54) is 35.7 Å². The van der Waals surface area contributed by atoms with Crippen molar-refractivity contribution in [2.24, 2.45) is 5.92 Å². The van der Waals surface area contributed by atoms with Gasteiger partial charge in [0.1, 0.15) is 11.6 Å². The summed E-state index contributed by atoms with van der Waals surface area (Å²) in [5.74, 6) is 0.000478. The van der Waals surface area contributed by atoms with Crippen LogP contribution in [0.5, 0.6) is 5.75 Å². The molecule has 1 aliphatic heterocycles. The van der Waals surface area contributed by atoms with E-state index in [0.29, 0.717) is 44.8 Å². The topological polar surface area (TPSA) is 80.6 Å². The predicted octanol–water partition coefficient (Wildman–Crippen LogP) is 3.01. The van der Waals surface area contributed by atoms with E-state index in [-0.39, 0.29) is 22.5 Å². The molecule has 9 heteroatoms. The average Bonchev–Trinajstić information content (AvgIpc) is 3.21. The van der Waals surface area contributed by atoms with Crippen LogP contribution in [0.25, 0.3) is 10.9 Å². The van der Waals surface area contributed by atoms with Gasteiger partial charge in [0.15, 0.2) is 0 Å². The number of carbonyl (C=O) groups is 1. The molecule has 1 saturated heterocycles. The van der Waals surface area contributed by atoms with Crippen molar-refractivity contribution < 1.29 is 22.3 Å². The molecule has 0 unspecified atom stereocenters. The highest BCUT2D eigenvalue weighted by molar-refractivity contribution is 7.89. The van der Waals surface area contributed by atoms with E-state index in [9.17, 15) is 17.6 Å². The molecule has 2 aromatic carbocycles. The number of methoxy groups -OCH3 is 1. The van der Waals surface area contributed by atoms with Gasteiger partial charge in [-0.15, -0.1) is 0 Å². The van der Waals surface area contributed by atoms with Crippen LogP contribution >= 0.6 is 0 Å². The second-order valence-electron chi connectivity index (χ2n) is 7.86. The van der Waals surface area contributed by atoms with Gasteiger partial charge in [-0.2, -0.15) is 4.31 Å². The lowest BCUT2D eigenvalue weighted by molar-refractivity contribution is -0.126. The van der Waals surface area contributed by atoms with E-state index in [0.717, 1.165) is 10.9 Å². The van der Waals surface area contributed by atoms with Crippen molar-refractivity contribution in [2.75, 3.05) is 26.7 Å². The van der Waals surface area contributed by atoms with Gasteiger partial charge < -0.3 is 14.6 Å². The summed E-state index contributed by atoms with van der Waals surface area (Å²) < 4.78 is 47.6. The van der Waals surface area contributed by atoms with Crippen LogP contribution in [0.3, 0.4) is 0 Å². The van der Waals surface area contributed by atoms with E-state index < -0.39 is 10.0 Å². The molecule has 0 atom stereocenters. The molecule has 0 aliphatic carbocycles. The van der Waals surface area contributed by atoms with Crippen LogP contribution in [-0.2, 0) is 21.4 Å². The largest absolute Gasteiger partial charge is 0.497 e. The van der Waals surface area contributed by atoms with E-state index in [1.807, 2.05) is 16.8 Å². The number of hydrogen-bond donors (Lipinski definition) is 1. The van der Waals surface area contributed by atoms with E-state index in [4.69, 9.17) is 4.74 Å². The summed E-state index contributed by atoms with van der Waals surface area (Å²) in [5, 5.41) is 3.88. The lowest BCUT2D eigenvalue weighted by Crippen LogP contribution is -2.43. The minimum Gasteiger partial charge on any atom is -0.497 e. The lowest BCUT2D eigenvalue weighted by atomic mass is 9.97. The number of nitrogens with zero attached hydrogens (tertiary/aromatic N) is 2. The fraction of sp³-hybridized carbons (Fsp3) is 0.348. The number of rotatable bonds is 7. The number of aromatic nitrogens is 1. The molecule has 0 spiro atoms. The van der Waals surface area contributed by atoms with Crippen LogP contribution in [0.1, 0.15) is 12.8 Å². The number of ether oxygens (including phenoxy) is 1. The fourth-order valence-corrected chi connectivity index (χ4v) is 5.52. The number of halogens is 1. The monoisotopic (exact) mass is 459 g/mol. The van der Waals surface area contributed by atoms with Gasteiger partial charge in [-0.3, -0.25) is 4.79 Å². The molecule has 1 N–H and O–H groups in total. The molecule has 170 valence electrons. The molecule has 3 aromatic rings. The zero-order chi connectivity index (χ0) is 22.7. The molecule has 0 saturated carbocycles. The van der Waals surface area contributed by atoms with Gasteiger partial charge in [0.25, 0.3) is 0 Å². The molecular formula is C23H26FN3O4S. The van der Waals surface area contributed by atoms with E-state index in [1.54, 1.807) is 18.2 Å². The number of piperidine rings is 1. The number of carbonyl (C=O) groups excluding carboxylic acids is 1. The number of hydrogen-bond acceptors (Lipinski definition) is 4. The Morgan fingerprint density at radius 3 is 2.53 bits per heavy atom. The summed E-state index contributed by atoms with van der Waals surface area (Å²) >= 11 is 0. The highest BCUT2D eigenvalue weighted by atomic mass is 32.2. The van der Waals surface area contributed by atoms with Crippen LogP contribution in [0, 0.1) is 11.7 Å². The third-order valence-electron chi connectivity index (χ3n) is 5.91. The molecule has 1 aliphatic rings. The molecular weight excluding hydrogens is 433 g/mol. The molecule has 1 amide bonds. The first-order chi connectivity index (χ1) is 15.4. The third-order valence-corrected chi connectivity index (χ3v) is 7.82. The summed E-state index contributed by atoms with van der Waals surface area (Å²) in [6.45, 7) is 1.55. The van der Waals surface area contributed by atoms with Crippen LogP contribution < -0.4 is 10.1 Å². The quantitative estimate of drug-likeness (QED) is 0.589. The third kappa shape index (κ3) is 4.63. The number of benzene rings is 2. The van der Waals surface area contributed by atoms with Crippen molar-refractivity contribution in [1.82, 2.24) is 14.2 Å². The maximum atomic E-state index is 13.5. The highest BCUT2D eigenvalue weighted by Gasteiger charge is 2.32. The maximum Gasteiger partial charge on any atom is 0.243 e. The summed E-state index contributed by atoms with van der Waals surface area (Å²) in [5.41, 5.74) is 0.788. The Bertz CT molecular complexity index is 1200. The Morgan fingerprint density at radius 2 is 1.84 bits per heavy atom. The highest BCUT2D eigenvalue weighted by Crippen LogP contribution is 2.25. The van der Waals surface area contributed by atoms with Gasteiger partial charge >= 0.3 is 0 Å². The van der Waals surface area contributed by atoms with Gasteiger partial charge in [-0.1, -0.05) is 0 Å². The minimum absolute atomic E-state index is 0.0749. The van der Waals surface area contributed by atoms with Crippen LogP contribution in [0.4, 0.5) is 4.39 Å². The number of sulfonamides is 1. The number of fused-ring (bicyclic) bond motifs is 1. The fourth-order valence-electron chi connectivity index (χ4n) is 4.05. The average molecular weight is 460 g/mol. The minimum atomic E-state index is -3.59. The summed E-state index contributed by atoms with van der Waals surface area (Å²) in [6, 6.07) is 12.9. The van der Waals surface area contributed by atoms with Gasteiger partial charge in [0, 0.05) is 38.3 Å². The van der Waals surface area contributed by atoms with Crippen LogP contribution in [0.15, 0.2) is 59.6 Å². The van der Waals surface area contributed by atoms with Gasteiger partial charge in [0.05, 0.1) is 17.5 Å². The summed E-state index contributed by atoms with van der Waals surface area (Å²) in [4.78, 5) is 12.8. The van der Waals surface area contributed by atoms with Crippen molar-refractivity contribution in [1.29, 1.82) is 0 Å². The zero-order valence-electron chi connectivity index (χ0n) is 17.8. The first-order valence-corrected chi connectivity index (χ1v) is 12.0. The van der Waals surface area contributed by atoms with Crippen LogP contribution in [0.2, 0.25) is 0 Å². The maximum absolute atomic E-state index is 13.5. The van der Waals surface area contributed by atoms with Crippen molar-refractivity contribution in [2.45, 2.75) is 24.3 Å². The molecule has 1 fully saturated rings. The smallest absolute Gasteiger partial charge is 0.243 e. The van der Waals surface area contributed by atoms with Crippen LogP contribution in [-0.4, -0.2) is 49.9 Å². The van der Waals surface area contributed by atoms with Gasteiger partial charge in [0.2, 0.25) is 15.9 Å². The summed E-state index contributed by atoms with van der Waals surface area (Å²) in [6.07, 6.45) is 2.82. The van der Waals surface area contributed by atoms with Gasteiger partial charge in [-0.05, 0) is 66.8 Å². The second kappa shape index (κ2) is 9.30. The second-order valence-corrected chi connectivity index (χ2v) is 9.80. The normalized spacial score (nSPS) is 15.7. The Balaban J connectivity index is 1.29. The Hall–Kier alpha value is -2.91. The first-order valence-electron chi connectivity index (χ1n) is 10.5. The Labute approximate surface area is 186 Å². The van der Waals surface area contributed by atoms with E-state index in [2.05, 4.69) is 5.32 Å². The number of nitrogens with one attached hydrogen (secondary N) is 1. The van der Waals surface area contributed by atoms with Gasteiger partial charge in [-0.25, -0.2) is 12.8 Å². The van der Waals surface area contributed by atoms with Crippen molar-refractivity contribution in [3.8, 4) is 5.75 Å². The Morgan fingerprint density at radius 1 is 1.12 bits per heavy atom. The molecule has 7 nitrogen and oxygen atoms in total. The first kappa shape index (κ1) is 22.3. The Kier molecular flexibility index (Phi) is 6.48. The lowest BCUT2D eigenvalue weighted by Gasteiger charge is -2.30. The molecule has 0 bridgehead atoms. The van der Waals surface area contributed by atoms with Crippen molar-refractivity contribution >= 4 is 26.8 Å². The summed E-state index contributed by atoms with van der Waals surface area (Å²) in [7, 11) is -2.07. The SMILES string of the molecule is COc1ccc(S(=O)(=O)N2CCC(C(=O)NCCn3ccc4ccc(F)cc43)CC2)cc1. The number of amides is 1. The molecule has 0 radical (unpaired) electrons.